The van der Waals surface area contributed by atoms with E-state index >= 15 is 0 Å². The van der Waals surface area contributed by atoms with Crippen molar-refractivity contribution in [2.75, 3.05) is 39.2 Å². The molecule has 10 heteroatoms. The molecule has 1 aliphatic heterocycles. The number of carbonyl (C=O) groups is 2. The molecule has 9 nitrogen and oxygen atoms in total. The molecule has 1 amide bonds. The monoisotopic (exact) mass is 457 g/mol. The second-order valence-corrected chi connectivity index (χ2v) is 8.98. The van der Waals surface area contributed by atoms with E-state index in [2.05, 4.69) is 0 Å². The zero-order chi connectivity index (χ0) is 22.7. The number of hydrogen-bond acceptors (Lipinski definition) is 8. The van der Waals surface area contributed by atoms with Crippen molar-refractivity contribution < 1.29 is 36.4 Å². The van der Waals surface area contributed by atoms with Crippen molar-refractivity contribution in [2.45, 2.75) is 38.9 Å². The average molecular weight is 458 g/mol. The van der Waals surface area contributed by atoms with Gasteiger partial charge in [0.25, 0.3) is 10.1 Å². The number of nitrogens with zero attached hydrogens (tertiary/aromatic N) is 1. The van der Waals surface area contributed by atoms with Crippen LogP contribution in [-0.2, 0) is 39.9 Å². The lowest BCUT2D eigenvalue weighted by atomic mass is 9.94. The topological polar surface area (TPSA) is 108 Å². The summed E-state index contributed by atoms with van der Waals surface area (Å²) in [6.07, 6.45) is 1.64. The molecule has 1 atom stereocenters. The Kier molecular flexibility index (Phi) is 10.2. The summed E-state index contributed by atoms with van der Waals surface area (Å²) in [5.41, 5.74) is 0.948. The Hall–Kier alpha value is -2.17. The third-order valence-corrected chi connectivity index (χ3v) is 5.44. The van der Waals surface area contributed by atoms with Crippen LogP contribution < -0.4 is 0 Å². The standard InChI is InChI=1S/C21H31NO8S/c1-3-28-20(23)19(30-31(2,25)26)16-27-14-11-17-9-12-22(13-10-17)21(24)29-15-18-7-5-4-6-8-18/h4-8,17,19H,3,9-16H2,1-2H3. The van der Waals surface area contributed by atoms with Gasteiger partial charge in [0.1, 0.15) is 6.61 Å². The zero-order valence-corrected chi connectivity index (χ0v) is 18.8. The molecule has 0 spiro atoms. The summed E-state index contributed by atoms with van der Waals surface area (Å²) in [5.74, 6) is -0.398. The molecule has 0 aromatic heterocycles. The molecule has 0 aliphatic carbocycles. The number of piperidine rings is 1. The Balaban J connectivity index is 1.65. The van der Waals surface area contributed by atoms with Crippen molar-refractivity contribution in [3.63, 3.8) is 0 Å². The van der Waals surface area contributed by atoms with Crippen molar-refractivity contribution >= 4 is 22.2 Å². The van der Waals surface area contributed by atoms with Crippen LogP contribution >= 0.6 is 0 Å². The van der Waals surface area contributed by atoms with Gasteiger partial charge in [0.05, 0.1) is 19.5 Å². The van der Waals surface area contributed by atoms with Crippen LogP contribution in [0, 0.1) is 5.92 Å². The lowest BCUT2D eigenvalue weighted by molar-refractivity contribution is -0.154. The van der Waals surface area contributed by atoms with Crippen LogP contribution in [0.15, 0.2) is 30.3 Å². The highest BCUT2D eigenvalue weighted by Gasteiger charge is 2.27. The van der Waals surface area contributed by atoms with Crippen LogP contribution in [0.5, 0.6) is 0 Å². The van der Waals surface area contributed by atoms with E-state index in [1.165, 1.54) is 0 Å². The van der Waals surface area contributed by atoms with E-state index in [1.807, 2.05) is 30.3 Å². The lowest BCUT2D eigenvalue weighted by Gasteiger charge is -2.31. The fourth-order valence-electron chi connectivity index (χ4n) is 3.24. The van der Waals surface area contributed by atoms with Gasteiger partial charge in [-0.1, -0.05) is 30.3 Å². The predicted molar refractivity (Wildman–Crippen MR) is 113 cm³/mol. The molecule has 174 valence electrons. The molecular weight excluding hydrogens is 426 g/mol. The molecule has 0 N–H and O–H groups in total. The van der Waals surface area contributed by atoms with Crippen LogP contribution in [0.25, 0.3) is 0 Å². The number of esters is 1. The SMILES string of the molecule is CCOC(=O)C(COCCC1CCN(C(=O)OCc2ccccc2)CC1)OS(C)(=O)=O. The summed E-state index contributed by atoms with van der Waals surface area (Å²) in [7, 11) is -3.81. The number of likely N-dealkylation sites (tertiary alicyclic amines) is 1. The third-order valence-electron chi connectivity index (χ3n) is 4.86. The summed E-state index contributed by atoms with van der Waals surface area (Å²) in [4.78, 5) is 25.7. The summed E-state index contributed by atoms with van der Waals surface area (Å²) in [6, 6.07) is 9.54. The minimum absolute atomic E-state index is 0.120. The van der Waals surface area contributed by atoms with Crippen LogP contribution in [0.1, 0.15) is 31.7 Å². The fraction of sp³-hybridized carbons (Fsp3) is 0.619. The highest BCUT2D eigenvalue weighted by atomic mass is 32.2. The van der Waals surface area contributed by atoms with Gasteiger partial charge >= 0.3 is 12.1 Å². The number of amides is 1. The highest BCUT2D eigenvalue weighted by Crippen LogP contribution is 2.21. The zero-order valence-electron chi connectivity index (χ0n) is 18.0. The van der Waals surface area contributed by atoms with Gasteiger partial charge in [0.2, 0.25) is 0 Å². The maximum atomic E-state index is 12.2. The van der Waals surface area contributed by atoms with E-state index in [0.717, 1.165) is 31.1 Å². The smallest absolute Gasteiger partial charge is 0.410 e. The van der Waals surface area contributed by atoms with Crippen molar-refractivity contribution in [1.82, 2.24) is 4.90 Å². The van der Waals surface area contributed by atoms with E-state index in [-0.39, 0.29) is 25.9 Å². The van der Waals surface area contributed by atoms with Gasteiger partial charge in [-0.3, -0.25) is 4.18 Å². The predicted octanol–water partition coefficient (Wildman–Crippen LogP) is 2.35. The third kappa shape index (κ3) is 9.67. The molecule has 1 aliphatic rings. The van der Waals surface area contributed by atoms with Crippen molar-refractivity contribution in [3.05, 3.63) is 35.9 Å². The normalized spacial score (nSPS) is 16.0. The number of carbonyl (C=O) groups excluding carboxylic acids is 2. The first-order valence-corrected chi connectivity index (χ1v) is 12.2. The number of rotatable bonds is 11. The van der Waals surface area contributed by atoms with Gasteiger partial charge < -0.3 is 19.1 Å². The number of hydrogen-bond donors (Lipinski definition) is 0. The minimum atomic E-state index is -3.81. The van der Waals surface area contributed by atoms with Crippen LogP contribution in [0.3, 0.4) is 0 Å². The molecule has 1 unspecified atom stereocenters. The Bertz CT molecular complexity index is 791. The van der Waals surface area contributed by atoms with Crippen molar-refractivity contribution in [2.24, 2.45) is 5.92 Å². The van der Waals surface area contributed by atoms with Gasteiger partial charge in [0, 0.05) is 19.7 Å². The first-order valence-electron chi connectivity index (χ1n) is 10.4. The Morgan fingerprint density at radius 3 is 2.42 bits per heavy atom. The van der Waals surface area contributed by atoms with Gasteiger partial charge in [-0.05, 0) is 37.7 Å². The van der Waals surface area contributed by atoms with E-state index in [1.54, 1.807) is 11.8 Å². The van der Waals surface area contributed by atoms with Crippen LogP contribution in [0.2, 0.25) is 0 Å². The van der Waals surface area contributed by atoms with E-state index in [9.17, 15) is 18.0 Å². The van der Waals surface area contributed by atoms with Crippen molar-refractivity contribution in [3.8, 4) is 0 Å². The summed E-state index contributed by atoms with van der Waals surface area (Å²) in [5, 5.41) is 0. The molecule has 1 saturated heterocycles. The highest BCUT2D eigenvalue weighted by molar-refractivity contribution is 7.86. The maximum Gasteiger partial charge on any atom is 0.410 e. The maximum absolute atomic E-state index is 12.2. The Labute approximate surface area is 183 Å². The van der Waals surface area contributed by atoms with Crippen LogP contribution in [0.4, 0.5) is 4.79 Å². The number of ether oxygens (including phenoxy) is 3. The number of benzene rings is 1. The fourth-order valence-corrected chi connectivity index (χ4v) is 3.79. The molecular formula is C21H31NO8S. The molecule has 0 saturated carbocycles. The van der Waals surface area contributed by atoms with Gasteiger partial charge in [-0.15, -0.1) is 0 Å². The molecule has 1 heterocycles. The first-order chi connectivity index (χ1) is 14.8. The lowest BCUT2D eigenvalue weighted by Crippen LogP contribution is -2.39. The van der Waals surface area contributed by atoms with Gasteiger partial charge in [-0.2, -0.15) is 8.42 Å². The average Bonchev–Trinajstić information content (AvgIpc) is 2.74. The van der Waals surface area contributed by atoms with Crippen molar-refractivity contribution in [1.29, 1.82) is 0 Å². The Morgan fingerprint density at radius 1 is 1.13 bits per heavy atom. The summed E-state index contributed by atoms with van der Waals surface area (Å²) in [6.45, 7) is 3.38. The summed E-state index contributed by atoms with van der Waals surface area (Å²) < 4.78 is 43.0. The Morgan fingerprint density at radius 2 is 1.81 bits per heavy atom. The molecule has 1 aromatic rings. The molecule has 1 fully saturated rings. The largest absolute Gasteiger partial charge is 0.464 e. The van der Waals surface area contributed by atoms with E-state index < -0.39 is 22.2 Å². The quantitative estimate of drug-likeness (QED) is 0.283. The molecule has 31 heavy (non-hydrogen) atoms. The first kappa shape index (κ1) is 25.1. The second kappa shape index (κ2) is 12.6. The molecule has 0 radical (unpaired) electrons. The molecule has 1 aromatic carbocycles. The minimum Gasteiger partial charge on any atom is -0.464 e. The van der Waals surface area contributed by atoms with Gasteiger partial charge in [0.15, 0.2) is 6.10 Å². The van der Waals surface area contributed by atoms with E-state index in [4.69, 9.17) is 18.4 Å². The molecule has 0 bridgehead atoms. The van der Waals surface area contributed by atoms with E-state index in [0.29, 0.717) is 25.6 Å². The van der Waals surface area contributed by atoms with Gasteiger partial charge in [-0.25, -0.2) is 9.59 Å². The summed E-state index contributed by atoms with van der Waals surface area (Å²) >= 11 is 0. The second-order valence-electron chi connectivity index (χ2n) is 7.38. The van der Waals surface area contributed by atoms with Crippen LogP contribution in [-0.4, -0.2) is 70.7 Å². The molecule has 2 rings (SSSR count).